The molecule has 3 fully saturated rings. The summed E-state index contributed by atoms with van der Waals surface area (Å²) in [6.45, 7) is 6.34. The van der Waals surface area contributed by atoms with Gasteiger partial charge in [-0.3, -0.25) is 4.90 Å². The van der Waals surface area contributed by atoms with Crippen molar-refractivity contribution in [2.24, 2.45) is 5.41 Å². The second-order valence-electron chi connectivity index (χ2n) is 7.32. The molecular weight excluding hydrogens is 224 g/mol. The molecule has 0 aromatic carbocycles. The van der Waals surface area contributed by atoms with E-state index in [4.69, 9.17) is 0 Å². The molecule has 0 bridgehead atoms. The number of hydrogen-bond acceptors (Lipinski definition) is 3. The van der Waals surface area contributed by atoms with E-state index >= 15 is 0 Å². The van der Waals surface area contributed by atoms with Crippen molar-refractivity contribution in [1.82, 2.24) is 10.2 Å². The highest BCUT2D eigenvalue weighted by atomic mass is 16.3. The molecule has 3 rings (SSSR count). The summed E-state index contributed by atoms with van der Waals surface area (Å²) in [6, 6.07) is 0.823. The number of β-amino-alcohol motifs (C(OH)–C–C–N with tert-alkyl or cyclic N) is 1. The van der Waals surface area contributed by atoms with E-state index in [-0.39, 0.29) is 0 Å². The Morgan fingerprint density at radius 3 is 2.50 bits per heavy atom. The first-order chi connectivity index (χ1) is 8.57. The van der Waals surface area contributed by atoms with Gasteiger partial charge in [0.25, 0.3) is 0 Å². The Hall–Kier alpha value is -0.120. The number of hydrogen-bond donors (Lipinski definition) is 2. The molecule has 0 aromatic rings. The Morgan fingerprint density at radius 1 is 1.22 bits per heavy atom. The summed E-state index contributed by atoms with van der Waals surface area (Å²) < 4.78 is 0. The maximum absolute atomic E-state index is 10.1. The van der Waals surface area contributed by atoms with Gasteiger partial charge in [0.2, 0.25) is 0 Å². The predicted molar refractivity (Wildman–Crippen MR) is 73.6 cm³/mol. The Bertz CT molecular complexity index is 293. The highest BCUT2D eigenvalue weighted by Crippen LogP contribution is 2.40. The highest BCUT2D eigenvalue weighted by molar-refractivity contribution is 4.95. The van der Waals surface area contributed by atoms with E-state index in [0.717, 1.165) is 25.6 Å². The first-order valence-corrected chi connectivity index (χ1v) is 7.75. The molecule has 1 atom stereocenters. The topological polar surface area (TPSA) is 35.5 Å². The molecule has 104 valence electrons. The normalized spacial score (nSPS) is 36.3. The molecule has 1 unspecified atom stereocenters. The Kier molecular flexibility index (Phi) is 3.41. The molecule has 2 aliphatic carbocycles. The van der Waals surface area contributed by atoms with Crippen molar-refractivity contribution in [3.63, 3.8) is 0 Å². The van der Waals surface area contributed by atoms with Gasteiger partial charge < -0.3 is 10.4 Å². The maximum atomic E-state index is 10.1. The van der Waals surface area contributed by atoms with Gasteiger partial charge in [-0.25, -0.2) is 0 Å². The largest absolute Gasteiger partial charge is 0.389 e. The van der Waals surface area contributed by atoms with Crippen LogP contribution < -0.4 is 5.32 Å². The number of aliphatic hydroxyl groups is 1. The van der Waals surface area contributed by atoms with Crippen LogP contribution in [0.1, 0.15) is 51.9 Å². The van der Waals surface area contributed by atoms with Crippen molar-refractivity contribution in [3.8, 4) is 0 Å². The van der Waals surface area contributed by atoms with E-state index in [1.165, 1.54) is 51.6 Å². The predicted octanol–water partition coefficient (Wildman–Crippen LogP) is 1.76. The van der Waals surface area contributed by atoms with Crippen LogP contribution >= 0.6 is 0 Å². The van der Waals surface area contributed by atoms with Gasteiger partial charge in [0.05, 0.1) is 5.60 Å². The summed E-state index contributed by atoms with van der Waals surface area (Å²) in [6.07, 6.45) is 9.27. The zero-order chi connectivity index (χ0) is 12.6. The molecule has 0 aromatic heterocycles. The van der Waals surface area contributed by atoms with E-state index in [2.05, 4.69) is 10.2 Å². The van der Waals surface area contributed by atoms with Crippen molar-refractivity contribution in [1.29, 1.82) is 0 Å². The lowest BCUT2D eigenvalue weighted by atomic mass is 9.85. The van der Waals surface area contributed by atoms with E-state index in [1.807, 2.05) is 6.92 Å². The standard InChI is InChI=1S/C15H28N2O/c1-14(18)8-9-17(11-14)12-15(6-2-3-7-15)10-16-13-4-5-13/h13,16,18H,2-12H2,1H3. The van der Waals surface area contributed by atoms with Gasteiger partial charge in [0.15, 0.2) is 0 Å². The molecule has 3 nitrogen and oxygen atoms in total. The van der Waals surface area contributed by atoms with Gasteiger partial charge in [0.1, 0.15) is 0 Å². The SMILES string of the molecule is CC1(O)CCN(CC2(CNC3CC3)CCCC2)C1. The van der Waals surface area contributed by atoms with Crippen LogP contribution in [0.3, 0.4) is 0 Å². The van der Waals surface area contributed by atoms with Gasteiger partial charge in [-0.1, -0.05) is 12.8 Å². The molecule has 1 heterocycles. The molecule has 0 amide bonds. The Morgan fingerprint density at radius 2 is 1.94 bits per heavy atom. The minimum atomic E-state index is -0.441. The smallest absolute Gasteiger partial charge is 0.0758 e. The number of nitrogens with one attached hydrogen (secondary N) is 1. The lowest BCUT2D eigenvalue weighted by Gasteiger charge is -2.34. The Labute approximate surface area is 111 Å². The number of nitrogens with zero attached hydrogens (tertiary/aromatic N) is 1. The molecule has 18 heavy (non-hydrogen) atoms. The molecule has 2 N–H and O–H groups in total. The number of likely N-dealkylation sites (tertiary alicyclic amines) is 1. The quantitative estimate of drug-likeness (QED) is 0.782. The van der Waals surface area contributed by atoms with Crippen molar-refractivity contribution in [2.45, 2.75) is 63.5 Å². The first kappa shape index (κ1) is 12.9. The van der Waals surface area contributed by atoms with Crippen LogP contribution in [0.15, 0.2) is 0 Å². The molecule has 1 aliphatic heterocycles. The van der Waals surface area contributed by atoms with Crippen molar-refractivity contribution >= 4 is 0 Å². The molecule has 0 radical (unpaired) electrons. The third-order valence-electron chi connectivity index (χ3n) is 5.10. The van der Waals surface area contributed by atoms with E-state index in [0.29, 0.717) is 5.41 Å². The monoisotopic (exact) mass is 252 g/mol. The number of rotatable bonds is 5. The van der Waals surface area contributed by atoms with Crippen LogP contribution in [-0.2, 0) is 0 Å². The van der Waals surface area contributed by atoms with Crippen molar-refractivity contribution in [3.05, 3.63) is 0 Å². The van der Waals surface area contributed by atoms with Crippen LogP contribution in [0, 0.1) is 5.41 Å². The Balaban J connectivity index is 1.55. The van der Waals surface area contributed by atoms with E-state index < -0.39 is 5.60 Å². The zero-order valence-electron chi connectivity index (χ0n) is 11.7. The summed E-state index contributed by atoms with van der Waals surface area (Å²) >= 11 is 0. The molecule has 3 heteroatoms. The van der Waals surface area contributed by atoms with Gasteiger partial charge in [0, 0.05) is 32.2 Å². The fourth-order valence-corrected chi connectivity index (χ4v) is 3.81. The average molecular weight is 252 g/mol. The minimum Gasteiger partial charge on any atom is -0.389 e. The van der Waals surface area contributed by atoms with Gasteiger partial charge in [-0.15, -0.1) is 0 Å². The highest BCUT2D eigenvalue weighted by Gasteiger charge is 2.40. The average Bonchev–Trinajstić information content (AvgIpc) is 2.94. The molecule has 2 saturated carbocycles. The summed E-state index contributed by atoms with van der Waals surface area (Å²) in [4.78, 5) is 2.50. The van der Waals surface area contributed by atoms with E-state index in [1.54, 1.807) is 0 Å². The summed E-state index contributed by atoms with van der Waals surface area (Å²) in [5.74, 6) is 0. The first-order valence-electron chi connectivity index (χ1n) is 7.75. The lowest BCUT2D eigenvalue weighted by Crippen LogP contribution is -2.43. The maximum Gasteiger partial charge on any atom is 0.0758 e. The van der Waals surface area contributed by atoms with E-state index in [9.17, 15) is 5.11 Å². The van der Waals surface area contributed by atoms with Crippen LogP contribution in [0.25, 0.3) is 0 Å². The zero-order valence-corrected chi connectivity index (χ0v) is 11.7. The molecule has 0 spiro atoms. The van der Waals surface area contributed by atoms with Gasteiger partial charge >= 0.3 is 0 Å². The van der Waals surface area contributed by atoms with Crippen molar-refractivity contribution in [2.75, 3.05) is 26.2 Å². The van der Waals surface area contributed by atoms with Crippen LogP contribution in [0.5, 0.6) is 0 Å². The second-order valence-corrected chi connectivity index (χ2v) is 7.32. The second kappa shape index (κ2) is 4.77. The lowest BCUT2D eigenvalue weighted by molar-refractivity contribution is 0.0607. The fraction of sp³-hybridized carbons (Fsp3) is 1.00. The fourth-order valence-electron chi connectivity index (χ4n) is 3.81. The van der Waals surface area contributed by atoms with Gasteiger partial charge in [-0.2, -0.15) is 0 Å². The van der Waals surface area contributed by atoms with Crippen LogP contribution in [-0.4, -0.2) is 47.8 Å². The van der Waals surface area contributed by atoms with Gasteiger partial charge in [-0.05, 0) is 44.4 Å². The summed E-state index contributed by atoms with van der Waals surface area (Å²) in [7, 11) is 0. The van der Waals surface area contributed by atoms with Crippen molar-refractivity contribution < 1.29 is 5.11 Å². The molecular formula is C15H28N2O. The summed E-state index contributed by atoms with van der Waals surface area (Å²) in [5.41, 5.74) is 0.0622. The molecule has 3 aliphatic rings. The summed E-state index contributed by atoms with van der Waals surface area (Å²) in [5, 5.41) is 13.8. The van der Waals surface area contributed by atoms with Crippen LogP contribution in [0.2, 0.25) is 0 Å². The third-order valence-corrected chi connectivity index (χ3v) is 5.10. The van der Waals surface area contributed by atoms with Crippen LogP contribution in [0.4, 0.5) is 0 Å². The minimum absolute atomic E-state index is 0.441. The third kappa shape index (κ3) is 3.06. The molecule has 1 saturated heterocycles.